The second-order valence-electron chi connectivity index (χ2n) is 7.28. The van der Waals surface area contributed by atoms with Gasteiger partial charge >= 0.3 is 0 Å². The number of aliphatic hydroxyl groups excluding tert-OH is 1. The van der Waals surface area contributed by atoms with Crippen LogP contribution in [0, 0.1) is 0 Å². The molecule has 4 heterocycles. The molecule has 1 N–H and O–H groups in total. The van der Waals surface area contributed by atoms with Crippen LogP contribution in [0.2, 0.25) is 0 Å². The zero-order chi connectivity index (χ0) is 22.2. The summed E-state index contributed by atoms with van der Waals surface area (Å²) in [5.41, 5.74) is 0.911. The van der Waals surface area contributed by atoms with E-state index in [0.717, 1.165) is 0 Å². The van der Waals surface area contributed by atoms with E-state index in [1.165, 1.54) is 18.3 Å². The Balaban J connectivity index is 1.60. The molecule has 1 aromatic carbocycles. The largest absolute Gasteiger partial charge is 0.503 e. The van der Waals surface area contributed by atoms with Crippen molar-refractivity contribution < 1.29 is 28.3 Å². The normalized spacial score (nSPS) is 16.2. The zero-order valence-electron chi connectivity index (χ0n) is 17.0. The van der Waals surface area contributed by atoms with E-state index < -0.39 is 23.5 Å². The molecule has 0 saturated carbocycles. The summed E-state index contributed by atoms with van der Waals surface area (Å²) in [5, 5.41) is 11.4. The number of aliphatic hydroxyl groups is 1. The third kappa shape index (κ3) is 3.13. The van der Waals surface area contributed by atoms with Gasteiger partial charge in [0.05, 0.1) is 31.5 Å². The number of methoxy groups -OCH3 is 1. The zero-order valence-corrected chi connectivity index (χ0v) is 17.0. The van der Waals surface area contributed by atoms with Gasteiger partial charge < -0.3 is 23.6 Å². The molecule has 0 spiro atoms. The van der Waals surface area contributed by atoms with Crippen molar-refractivity contribution in [3.63, 3.8) is 0 Å². The minimum atomic E-state index is -0.857. The Morgan fingerprint density at radius 2 is 2.09 bits per heavy atom. The van der Waals surface area contributed by atoms with Gasteiger partial charge in [-0.15, -0.1) is 0 Å². The number of nitrogens with zero attached hydrogens (tertiary/aromatic N) is 2. The molecule has 160 valence electrons. The lowest BCUT2D eigenvalue weighted by molar-refractivity contribution is -0.130. The standard InChI is InChI=1S/C24H18N2O6/c1-30-17-8-2-5-14-11-18(32-23(14)17)21(27)19-20(15-6-3-9-25-12-15)26(24(29)22(19)28)13-16-7-4-10-31-16/h2-12,20,28H,13H2,1H3/t20-/m0/s1. The van der Waals surface area contributed by atoms with E-state index in [-0.39, 0.29) is 17.9 Å². The van der Waals surface area contributed by atoms with Crippen molar-refractivity contribution in [3.05, 3.63) is 95.6 Å². The van der Waals surface area contributed by atoms with Gasteiger partial charge in [0.1, 0.15) is 5.76 Å². The van der Waals surface area contributed by atoms with Gasteiger partial charge in [0, 0.05) is 17.8 Å². The Bertz CT molecular complexity index is 1340. The van der Waals surface area contributed by atoms with Gasteiger partial charge in [0.2, 0.25) is 5.78 Å². The highest BCUT2D eigenvalue weighted by Gasteiger charge is 2.45. The first-order valence-electron chi connectivity index (χ1n) is 9.86. The maximum Gasteiger partial charge on any atom is 0.290 e. The van der Waals surface area contributed by atoms with Crippen LogP contribution in [-0.4, -0.2) is 33.8 Å². The molecule has 32 heavy (non-hydrogen) atoms. The van der Waals surface area contributed by atoms with E-state index in [2.05, 4.69) is 4.98 Å². The van der Waals surface area contributed by atoms with Crippen molar-refractivity contribution >= 4 is 22.7 Å². The maximum atomic E-state index is 13.5. The van der Waals surface area contributed by atoms with E-state index in [1.807, 2.05) is 0 Å². The molecule has 8 nitrogen and oxygen atoms in total. The number of carbonyl (C=O) groups excluding carboxylic acids is 2. The number of pyridine rings is 1. The minimum absolute atomic E-state index is 0.00686. The van der Waals surface area contributed by atoms with E-state index in [1.54, 1.807) is 60.9 Å². The summed E-state index contributed by atoms with van der Waals surface area (Å²) >= 11 is 0. The number of fused-ring (bicyclic) bond motifs is 1. The van der Waals surface area contributed by atoms with E-state index >= 15 is 0 Å². The minimum Gasteiger partial charge on any atom is -0.503 e. The topological polar surface area (TPSA) is 106 Å². The van der Waals surface area contributed by atoms with Crippen LogP contribution >= 0.6 is 0 Å². The maximum absolute atomic E-state index is 13.5. The number of carbonyl (C=O) groups is 2. The molecule has 1 aliphatic heterocycles. The van der Waals surface area contributed by atoms with Crippen molar-refractivity contribution in [1.29, 1.82) is 0 Å². The summed E-state index contributed by atoms with van der Waals surface area (Å²) in [5.74, 6) is -0.902. The number of furan rings is 2. The fourth-order valence-corrected chi connectivity index (χ4v) is 3.95. The summed E-state index contributed by atoms with van der Waals surface area (Å²) in [7, 11) is 1.51. The Labute approximate surface area is 182 Å². The predicted molar refractivity (Wildman–Crippen MR) is 113 cm³/mol. The van der Waals surface area contributed by atoms with Gasteiger partial charge in [-0.25, -0.2) is 0 Å². The fraction of sp³-hybridized carbons (Fsp3) is 0.125. The number of ether oxygens (including phenoxy) is 1. The van der Waals surface area contributed by atoms with Crippen LogP contribution < -0.4 is 4.74 Å². The molecular formula is C24H18N2O6. The van der Waals surface area contributed by atoms with Crippen molar-refractivity contribution in [2.45, 2.75) is 12.6 Å². The summed E-state index contributed by atoms with van der Waals surface area (Å²) < 4.78 is 16.5. The van der Waals surface area contributed by atoms with Gasteiger partial charge in [0.15, 0.2) is 22.9 Å². The van der Waals surface area contributed by atoms with Gasteiger partial charge in [-0.05, 0) is 35.9 Å². The number of benzene rings is 1. The monoisotopic (exact) mass is 430 g/mol. The van der Waals surface area contributed by atoms with Crippen LogP contribution in [0.25, 0.3) is 11.0 Å². The number of amides is 1. The summed E-state index contributed by atoms with van der Waals surface area (Å²) in [6, 6.07) is 12.9. The first-order chi connectivity index (χ1) is 15.6. The lowest BCUT2D eigenvalue weighted by atomic mass is 9.96. The molecule has 0 radical (unpaired) electrons. The molecular weight excluding hydrogens is 412 g/mol. The molecule has 5 rings (SSSR count). The predicted octanol–water partition coefficient (Wildman–Crippen LogP) is 4.21. The fourth-order valence-electron chi connectivity index (χ4n) is 3.95. The van der Waals surface area contributed by atoms with Crippen LogP contribution in [0.5, 0.6) is 5.75 Å². The molecule has 3 aromatic heterocycles. The highest BCUT2D eigenvalue weighted by molar-refractivity contribution is 6.16. The Kier molecular flexibility index (Phi) is 4.74. The molecule has 8 heteroatoms. The van der Waals surface area contributed by atoms with Crippen molar-refractivity contribution in [2.24, 2.45) is 0 Å². The first kappa shape index (κ1) is 19.6. The highest BCUT2D eigenvalue weighted by atomic mass is 16.5. The molecule has 0 bridgehead atoms. The van der Waals surface area contributed by atoms with E-state index in [4.69, 9.17) is 13.6 Å². The van der Waals surface area contributed by atoms with Crippen molar-refractivity contribution in [2.75, 3.05) is 7.11 Å². The second kappa shape index (κ2) is 7.73. The molecule has 1 aliphatic rings. The third-order valence-corrected chi connectivity index (χ3v) is 5.41. The number of hydrogen-bond donors (Lipinski definition) is 1. The molecule has 0 unspecified atom stereocenters. The first-order valence-corrected chi connectivity index (χ1v) is 9.86. The van der Waals surface area contributed by atoms with Crippen LogP contribution in [0.4, 0.5) is 0 Å². The molecule has 4 aromatic rings. The number of Topliss-reactive ketones (excluding diaryl/α,β-unsaturated/α-hetero) is 1. The van der Waals surface area contributed by atoms with Crippen LogP contribution in [0.15, 0.2) is 87.4 Å². The SMILES string of the molecule is COc1cccc2cc(C(=O)C3=C(O)C(=O)N(Cc4ccco4)[C@H]3c3cccnc3)oc12. The smallest absolute Gasteiger partial charge is 0.290 e. The van der Waals surface area contributed by atoms with E-state index in [0.29, 0.717) is 28.0 Å². The number of ketones is 1. The Hall–Kier alpha value is -4.33. The third-order valence-electron chi connectivity index (χ3n) is 5.41. The van der Waals surface area contributed by atoms with Gasteiger partial charge in [0.25, 0.3) is 5.91 Å². The van der Waals surface area contributed by atoms with Crippen LogP contribution in [0.3, 0.4) is 0 Å². The average Bonchev–Trinajstić information content (AvgIpc) is 3.54. The average molecular weight is 430 g/mol. The molecule has 1 atom stereocenters. The van der Waals surface area contributed by atoms with E-state index in [9.17, 15) is 14.7 Å². The molecule has 0 aliphatic carbocycles. The van der Waals surface area contributed by atoms with Gasteiger partial charge in [-0.1, -0.05) is 18.2 Å². The number of aromatic nitrogens is 1. The second-order valence-corrected chi connectivity index (χ2v) is 7.28. The number of hydrogen-bond acceptors (Lipinski definition) is 7. The van der Waals surface area contributed by atoms with Crippen LogP contribution in [-0.2, 0) is 11.3 Å². The number of rotatable bonds is 6. The van der Waals surface area contributed by atoms with Gasteiger partial charge in [-0.2, -0.15) is 0 Å². The van der Waals surface area contributed by atoms with Crippen LogP contribution in [0.1, 0.15) is 27.9 Å². The number of para-hydroxylation sites is 1. The summed E-state index contributed by atoms with van der Waals surface area (Å²) in [4.78, 5) is 32.0. The Morgan fingerprint density at radius 1 is 1.22 bits per heavy atom. The van der Waals surface area contributed by atoms with Gasteiger partial charge in [-0.3, -0.25) is 14.6 Å². The molecule has 0 saturated heterocycles. The quantitative estimate of drug-likeness (QED) is 0.457. The summed E-state index contributed by atoms with van der Waals surface area (Å²) in [6.07, 6.45) is 4.64. The van der Waals surface area contributed by atoms with Crippen molar-refractivity contribution in [1.82, 2.24) is 9.88 Å². The lowest BCUT2D eigenvalue weighted by Crippen LogP contribution is -2.30. The summed E-state index contributed by atoms with van der Waals surface area (Å²) in [6.45, 7) is 0.0696. The molecule has 0 fully saturated rings. The van der Waals surface area contributed by atoms with Crippen molar-refractivity contribution in [3.8, 4) is 5.75 Å². The highest BCUT2D eigenvalue weighted by Crippen LogP contribution is 2.40. The lowest BCUT2D eigenvalue weighted by Gasteiger charge is -2.25. The Morgan fingerprint density at radius 3 is 2.81 bits per heavy atom. The molecule has 1 amide bonds.